The summed E-state index contributed by atoms with van der Waals surface area (Å²) < 4.78 is 13.7. The van der Waals surface area contributed by atoms with E-state index < -0.39 is 0 Å². The first-order valence-electron chi connectivity index (χ1n) is 10.6. The molecule has 0 aliphatic rings. The van der Waals surface area contributed by atoms with Crippen LogP contribution in [0.5, 0.6) is 11.5 Å². The van der Waals surface area contributed by atoms with Crippen molar-refractivity contribution in [1.29, 1.82) is 0 Å². The fourth-order valence-corrected chi connectivity index (χ4v) is 4.49. The number of fused-ring (bicyclic) bond motifs is 1. The second-order valence-electron chi connectivity index (χ2n) is 7.29. The van der Waals surface area contributed by atoms with Gasteiger partial charge in [-0.25, -0.2) is 4.98 Å². The lowest BCUT2D eigenvalue weighted by Crippen LogP contribution is -2.20. The highest BCUT2D eigenvalue weighted by Gasteiger charge is 2.19. The van der Waals surface area contributed by atoms with E-state index in [2.05, 4.69) is 22.0 Å². The third kappa shape index (κ3) is 4.45. The van der Waals surface area contributed by atoms with Crippen LogP contribution in [0.15, 0.2) is 58.3 Å². The van der Waals surface area contributed by atoms with Crippen LogP contribution in [0.3, 0.4) is 0 Å². The molecular weight excluding hydrogens is 424 g/mol. The predicted octanol–water partition coefficient (Wildman–Crippen LogP) is 4.62. The third-order valence-electron chi connectivity index (χ3n) is 5.07. The molecule has 0 atom stereocenters. The molecule has 32 heavy (non-hydrogen) atoms. The van der Waals surface area contributed by atoms with Gasteiger partial charge in [-0.2, -0.15) is 4.68 Å². The van der Waals surface area contributed by atoms with Crippen molar-refractivity contribution in [2.75, 3.05) is 20.3 Å². The molecule has 2 heterocycles. The second kappa shape index (κ2) is 9.82. The molecule has 0 spiro atoms. The maximum Gasteiger partial charge on any atom is 0.282 e. The van der Waals surface area contributed by atoms with Crippen molar-refractivity contribution in [3.05, 3.63) is 70.1 Å². The number of benzene rings is 2. The van der Waals surface area contributed by atoms with Crippen LogP contribution in [0, 0.1) is 0 Å². The molecule has 0 saturated heterocycles. The molecule has 0 saturated carbocycles. The molecule has 0 aliphatic carbocycles. The molecule has 0 bridgehead atoms. The largest absolute Gasteiger partial charge is 0.493 e. The minimum Gasteiger partial charge on any atom is -0.493 e. The highest BCUT2D eigenvalue weighted by Crippen LogP contribution is 2.26. The van der Waals surface area contributed by atoms with Crippen LogP contribution in [0.2, 0.25) is 0 Å². The maximum absolute atomic E-state index is 13.3. The van der Waals surface area contributed by atoms with Crippen molar-refractivity contribution in [2.45, 2.75) is 26.7 Å². The van der Waals surface area contributed by atoms with Crippen LogP contribution in [0.1, 0.15) is 31.5 Å². The SMILES string of the molecule is CCCc1[nH]n(-c2nc3ccccc3s2)c(=O)c1C(C)=NCCOc1ccccc1OC. The molecule has 0 fully saturated rings. The number of para-hydroxylation sites is 3. The van der Waals surface area contributed by atoms with E-state index in [9.17, 15) is 4.79 Å². The lowest BCUT2D eigenvalue weighted by atomic mass is 10.1. The monoisotopic (exact) mass is 450 g/mol. The van der Waals surface area contributed by atoms with Crippen LogP contribution in [0.25, 0.3) is 15.3 Å². The van der Waals surface area contributed by atoms with Crippen molar-refractivity contribution in [1.82, 2.24) is 14.8 Å². The van der Waals surface area contributed by atoms with Gasteiger partial charge in [0.15, 0.2) is 11.5 Å². The van der Waals surface area contributed by atoms with Crippen LogP contribution >= 0.6 is 11.3 Å². The summed E-state index contributed by atoms with van der Waals surface area (Å²) in [6, 6.07) is 15.4. The summed E-state index contributed by atoms with van der Waals surface area (Å²) in [5.41, 5.74) is 2.94. The normalized spacial score (nSPS) is 11.8. The van der Waals surface area contributed by atoms with Crippen molar-refractivity contribution in [3.63, 3.8) is 0 Å². The zero-order chi connectivity index (χ0) is 22.5. The number of methoxy groups -OCH3 is 1. The van der Waals surface area contributed by atoms with Crippen molar-refractivity contribution < 1.29 is 9.47 Å². The predicted molar refractivity (Wildman–Crippen MR) is 129 cm³/mol. The lowest BCUT2D eigenvalue weighted by Gasteiger charge is -2.09. The lowest BCUT2D eigenvalue weighted by molar-refractivity contribution is 0.303. The van der Waals surface area contributed by atoms with Crippen molar-refractivity contribution in [3.8, 4) is 16.6 Å². The summed E-state index contributed by atoms with van der Waals surface area (Å²) in [7, 11) is 1.61. The smallest absolute Gasteiger partial charge is 0.282 e. The molecule has 4 aromatic rings. The van der Waals surface area contributed by atoms with Gasteiger partial charge in [0.25, 0.3) is 5.56 Å². The molecule has 7 nitrogen and oxygen atoms in total. The number of nitrogens with zero attached hydrogens (tertiary/aromatic N) is 3. The van der Waals surface area contributed by atoms with E-state index in [-0.39, 0.29) is 5.56 Å². The number of thiazole rings is 1. The molecule has 2 aromatic heterocycles. The Kier molecular flexibility index (Phi) is 6.70. The third-order valence-corrected chi connectivity index (χ3v) is 6.09. The molecule has 1 N–H and O–H groups in total. The van der Waals surface area contributed by atoms with Gasteiger partial charge in [-0.1, -0.05) is 48.9 Å². The fourth-order valence-electron chi connectivity index (χ4n) is 3.56. The number of hydrogen-bond donors (Lipinski definition) is 1. The van der Waals surface area contributed by atoms with E-state index in [0.717, 1.165) is 28.8 Å². The number of aryl methyl sites for hydroxylation is 1. The Morgan fingerprint density at radius 1 is 1.16 bits per heavy atom. The van der Waals surface area contributed by atoms with E-state index in [0.29, 0.717) is 41.1 Å². The number of rotatable bonds is 9. The average molecular weight is 451 g/mol. The van der Waals surface area contributed by atoms with Gasteiger partial charge in [0.1, 0.15) is 6.61 Å². The van der Waals surface area contributed by atoms with Crippen LogP contribution < -0.4 is 15.0 Å². The standard InChI is InChI=1S/C24H26N4O3S/c1-4-9-18-22(16(2)25-14-15-31-20-12-7-6-11-19(20)30-3)23(29)28(27-18)24-26-17-10-5-8-13-21(17)32-24/h5-8,10-13,27H,4,9,14-15H2,1-3H3. The topological polar surface area (TPSA) is 81.5 Å². The van der Waals surface area contributed by atoms with E-state index >= 15 is 0 Å². The molecule has 0 amide bonds. The van der Waals surface area contributed by atoms with Gasteiger partial charge in [0.05, 0.1) is 29.4 Å². The van der Waals surface area contributed by atoms with Gasteiger partial charge < -0.3 is 9.47 Å². The molecule has 166 valence electrons. The summed E-state index contributed by atoms with van der Waals surface area (Å²) in [5, 5.41) is 3.90. The highest BCUT2D eigenvalue weighted by atomic mass is 32.1. The van der Waals surface area contributed by atoms with Gasteiger partial charge in [-0.3, -0.25) is 14.9 Å². The summed E-state index contributed by atoms with van der Waals surface area (Å²) >= 11 is 1.49. The molecule has 0 radical (unpaired) electrons. The van der Waals surface area contributed by atoms with Crippen molar-refractivity contribution >= 4 is 27.3 Å². The summed E-state index contributed by atoms with van der Waals surface area (Å²) in [6.07, 6.45) is 1.67. The quantitative estimate of drug-likeness (QED) is 0.298. The van der Waals surface area contributed by atoms with Crippen LogP contribution in [0.4, 0.5) is 0 Å². The molecule has 8 heteroatoms. The molecule has 4 rings (SSSR count). The number of nitrogens with one attached hydrogen (secondary N) is 1. The Morgan fingerprint density at radius 2 is 1.91 bits per heavy atom. The number of aliphatic imine (C=N–C) groups is 1. The van der Waals surface area contributed by atoms with Crippen LogP contribution in [-0.4, -0.2) is 40.7 Å². The summed E-state index contributed by atoms with van der Waals surface area (Å²) in [4.78, 5) is 22.5. The van der Waals surface area contributed by atoms with Gasteiger partial charge in [-0.15, -0.1) is 0 Å². The molecule has 0 aliphatic heterocycles. The average Bonchev–Trinajstić information content (AvgIpc) is 3.37. The Labute approximate surface area is 190 Å². The van der Waals surface area contributed by atoms with Gasteiger partial charge >= 0.3 is 0 Å². The summed E-state index contributed by atoms with van der Waals surface area (Å²) in [5.74, 6) is 1.36. The number of aromatic nitrogens is 3. The number of aromatic amines is 1. The van der Waals surface area contributed by atoms with E-state index in [4.69, 9.17) is 9.47 Å². The van der Waals surface area contributed by atoms with E-state index in [1.54, 1.807) is 7.11 Å². The summed E-state index contributed by atoms with van der Waals surface area (Å²) in [6.45, 7) is 4.78. The Hall–Kier alpha value is -3.39. The van der Waals surface area contributed by atoms with Crippen molar-refractivity contribution in [2.24, 2.45) is 4.99 Å². The van der Waals surface area contributed by atoms with Crippen LogP contribution in [-0.2, 0) is 6.42 Å². The second-order valence-corrected chi connectivity index (χ2v) is 8.30. The number of H-pyrrole nitrogens is 1. The first-order chi connectivity index (χ1) is 15.6. The number of ether oxygens (including phenoxy) is 2. The zero-order valence-corrected chi connectivity index (χ0v) is 19.2. The Bertz CT molecular complexity index is 1270. The number of hydrogen-bond acceptors (Lipinski definition) is 6. The minimum atomic E-state index is -0.126. The van der Waals surface area contributed by atoms with E-state index in [1.807, 2.05) is 55.5 Å². The molecular formula is C24H26N4O3S. The fraction of sp³-hybridized carbons (Fsp3) is 0.292. The van der Waals surface area contributed by atoms with Gasteiger partial charge in [-0.05, 0) is 37.6 Å². The highest BCUT2D eigenvalue weighted by molar-refractivity contribution is 7.20. The molecule has 0 unspecified atom stereocenters. The minimum absolute atomic E-state index is 0.126. The van der Waals surface area contributed by atoms with Gasteiger partial charge in [0, 0.05) is 11.4 Å². The zero-order valence-electron chi connectivity index (χ0n) is 18.4. The Morgan fingerprint density at radius 3 is 2.66 bits per heavy atom. The first kappa shape index (κ1) is 21.8. The maximum atomic E-state index is 13.3. The van der Waals surface area contributed by atoms with Gasteiger partial charge in [0.2, 0.25) is 5.13 Å². The first-order valence-corrected chi connectivity index (χ1v) is 11.4. The van der Waals surface area contributed by atoms with E-state index in [1.165, 1.54) is 16.0 Å². The molecule has 2 aromatic carbocycles. The Balaban J connectivity index is 1.57.